The third-order valence-corrected chi connectivity index (χ3v) is 7.33. The number of carbonyl (C=O) groups is 2. The molecule has 0 saturated carbocycles. The molecule has 0 radical (unpaired) electrons. The van der Waals surface area contributed by atoms with Gasteiger partial charge in [0, 0.05) is 49.3 Å². The molecule has 3 aromatic carbocycles. The van der Waals surface area contributed by atoms with E-state index in [1.165, 1.54) is 0 Å². The molecule has 0 bridgehead atoms. The lowest BCUT2D eigenvalue weighted by atomic mass is 10.1. The van der Waals surface area contributed by atoms with Gasteiger partial charge in [-0.05, 0) is 74.0 Å². The molecule has 1 N–H and O–H groups in total. The van der Waals surface area contributed by atoms with E-state index < -0.39 is 0 Å². The minimum absolute atomic E-state index is 0.0486. The summed E-state index contributed by atoms with van der Waals surface area (Å²) in [6.07, 6.45) is 0. The quantitative estimate of drug-likeness (QED) is 0.338. The highest BCUT2D eigenvalue weighted by Gasteiger charge is 2.28. The largest absolute Gasteiger partial charge is 0.497 e. The Labute approximate surface area is 234 Å². The molecule has 0 aliphatic carbocycles. The SMILES string of the molecule is COc1ccc(-c2cc(C(=O)N3CCN(C(=O)Nc4ccc(C)cc4)CC3)c(C)n2-c2cccc(OC)c2)cc1. The molecule has 4 aromatic rings. The summed E-state index contributed by atoms with van der Waals surface area (Å²) < 4.78 is 12.9. The molecular formula is C32H34N4O4. The molecule has 0 spiro atoms. The molecular weight excluding hydrogens is 504 g/mol. The number of anilines is 1. The summed E-state index contributed by atoms with van der Waals surface area (Å²) in [5.74, 6) is 1.45. The smallest absolute Gasteiger partial charge is 0.321 e. The molecule has 0 atom stereocenters. The van der Waals surface area contributed by atoms with Crippen molar-refractivity contribution >= 4 is 17.6 Å². The van der Waals surface area contributed by atoms with Crippen molar-refractivity contribution in [3.8, 4) is 28.4 Å². The van der Waals surface area contributed by atoms with E-state index in [4.69, 9.17) is 9.47 Å². The molecule has 3 amide bonds. The van der Waals surface area contributed by atoms with Crippen molar-refractivity contribution in [2.45, 2.75) is 13.8 Å². The van der Waals surface area contributed by atoms with E-state index in [-0.39, 0.29) is 11.9 Å². The van der Waals surface area contributed by atoms with Gasteiger partial charge in [0.15, 0.2) is 0 Å². The molecule has 1 fully saturated rings. The summed E-state index contributed by atoms with van der Waals surface area (Å²) in [4.78, 5) is 30.2. The number of urea groups is 1. The fourth-order valence-corrected chi connectivity index (χ4v) is 5.00. The van der Waals surface area contributed by atoms with Crippen LogP contribution in [0.15, 0.2) is 78.9 Å². The van der Waals surface area contributed by atoms with Gasteiger partial charge in [0.05, 0.1) is 25.5 Å². The summed E-state index contributed by atoms with van der Waals surface area (Å²) in [6.45, 7) is 5.82. The molecule has 40 heavy (non-hydrogen) atoms. The minimum Gasteiger partial charge on any atom is -0.497 e. The fourth-order valence-electron chi connectivity index (χ4n) is 5.00. The zero-order chi connectivity index (χ0) is 28.2. The van der Waals surface area contributed by atoms with Gasteiger partial charge in [-0.1, -0.05) is 23.8 Å². The maximum absolute atomic E-state index is 13.8. The normalized spacial score (nSPS) is 13.2. The van der Waals surface area contributed by atoms with Crippen LogP contribution in [-0.2, 0) is 0 Å². The highest BCUT2D eigenvalue weighted by Crippen LogP contribution is 2.32. The van der Waals surface area contributed by atoms with Crippen molar-refractivity contribution in [1.29, 1.82) is 0 Å². The van der Waals surface area contributed by atoms with Gasteiger partial charge in [-0.2, -0.15) is 0 Å². The molecule has 8 heteroatoms. The lowest BCUT2D eigenvalue weighted by Crippen LogP contribution is -2.51. The number of ether oxygens (including phenoxy) is 2. The summed E-state index contributed by atoms with van der Waals surface area (Å²) in [7, 11) is 3.28. The number of aryl methyl sites for hydroxylation is 1. The third-order valence-electron chi connectivity index (χ3n) is 7.33. The van der Waals surface area contributed by atoms with Crippen molar-refractivity contribution in [1.82, 2.24) is 14.4 Å². The number of nitrogens with one attached hydrogen (secondary N) is 1. The summed E-state index contributed by atoms with van der Waals surface area (Å²) in [5, 5.41) is 2.95. The molecule has 206 valence electrons. The summed E-state index contributed by atoms with van der Waals surface area (Å²) >= 11 is 0. The predicted molar refractivity (Wildman–Crippen MR) is 157 cm³/mol. The third kappa shape index (κ3) is 5.52. The van der Waals surface area contributed by atoms with Crippen molar-refractivity contribution in [2.24, 2.45) is 0 Å². The molecule has 1 aromatic heterocycles. The van der Waals surface area contributed by atoms with Crippen LogP contribution in [0.2, 0.25) is 0 Å². The van der Waals surface area contributed by atoms with Crippen molar-refractivity contribution in [3.63, 3.8) is 0 Å². The zero-order valence-corrected chi connectivity index (χ0v) is 23.3. The van der Waals surface area contributed by atoms with Crippen LogP contribution < -0.4 is 14.8 Å². The molecule has 0 unspecified atom stereocenters. The van der Waals surface area contributed by atoms with E-state index in [2.05, 4.69) is 9.88 Å². The van der Waals surface area contributed by atoms with Crippen LogP contribution in [-0.4, -0.2) is 66.7 Å². The van der Waals surface area contributed by atoms with E-state index >= 15 is 0 Å². The van der Waals surface area contributed by atoms with Crippen molar-refractivity contribution < 1.29 is 19.1 Å². The summed E-state index contributed by atoms with van der Waals surface area (Å²) in [6, 6.07) is 25.1. The number of benzene rings is 3. The second-order valence-corrected chi connectivity index (χ2v) is 9.87. The van der Waals surface area contributed by atoms with Gasteiger partial charge in [0.1, 0.15) is 11.5 Å². The minimum atomic E-state index is -0.155. The first kappa shape index (κ1) is 26.9. The monoisotopic (exact) mass is 538 g/mol. The molecule has 1 saturated heterocycles. The van der Waals surface area contributed by atoms with E-state index in [1.54, 1.807) is 19.1 Å². The maximum atomic E-state index is 13.8. The molecule has 1 aliphatic heterocycles. The van der Waals surface area contributed by atoms with Gasteiger partial charge < -0.3 is 29.2 Å². The number of rotatable bonds is 6. The van der Waals surface area contributed by atoms with Crippen molar-refractivity contribution in [2.75, 3.05) is 45.7 Å². The lowest BCUT2D eigenvalue weighted by molar-refractivity contribution is 0.0671. The first-order chi connectivity index (χ1) is 19.4. The van der Waals surface area contributed by atoms with Crippen LogP contribution in [0.25, 0.3) is 16.9 Å². The van der Waals surface area contributed by atoms with Crippen LogP contribution in [0.3, 0.4) is 0 Å². The van der Waals surface area contributed by atoms with Crippen LogP contribution in [0.4, 0.5) is 10.5 Å². The number of piperazine rings is 1. The van der Waals surface area contributed by atoms with Gasteiger partial charge in [0.25, 0.3) is 5.91 Å². The van der Waals surface area contributed by atoms with Crippen LogP contribution >= 0.6 is 0 Å². The standard InChI is InChI=1S/C32H34N4O4/c1-22-8-12-25(13-9-22)33-32(38)35-18-16-34(17-19-35)31(37)29-21-30(24-10-14-27(39-3)15-11-24)36(23(29)2)26-6-5-7-28(20-26)40-4/h5-15,20-21H,16-19H2,1-4H3,(H,33,38). The Morgan fingerprint density at radius 2 is 1.40 bits per heavy atom. The maximum Gasteiger partial charge on any atom is 0.321 e. The Morgan fingerprint density at radius 1 is 0.750 bits per heavy atom. The highest BCUT2D eigenvalue weighted by atomic mass is 16.5. The van der Waals surface area contributed by atoms with Gasteiger partial charge in [-0.15, -0.1) is 0 Å². The van der Waals surface area contributed by atoms with Gasteiger partial charge in [-0.3, -0.25) is 4.79 Å². The average Bonchev–Trinajstić information content (AvgIpc) is 3.34. The molecule has 5 rings (SSSR count). The Kier molecular flexibility index (Phi) is 7.77. The Morgan fingerprint density at radius 3 is 2.05 bits per heavy atom. The number of methoxy groups -OCH3 is 2. The number of hydrogen-bond donors (Lipinski definition) is 1. The van der Waals surface area contributed by atoms with Gasteiger partial charge in [-0.25, -0.2) is 4.79 Å². The number of nitrogens with zero attached hydrogens (tertiary/aromatic N) is 3. The second-order valence-electron chi connectivity index (χ2n) is 9.87. The molecule has 2 heterocycles. The average molecular weight is 539 g/mol. The zero-order valence-electron chi connectivity index (χ0n) is 23.3. The van der Waals surface area contributed by atoms with E-state index in [0.717, 1.165) is 45.4 Å². The number of carbonyl (C=O) groups excluding carboxylic acids is 2. The van der Waals surface area contributed by atoms with E-state index in [0.29, 0.717) is 31.7 Å². The number of aromatic nitrogens is 1. The Hall–Kier alpha value is -4.72. The second kappa shape index (κ2) is 11.6. The van der Waals surface area contributed by atoms with E-state index in [9.17, 15) is 9.59 Å². The Balaban J connectivity index is 1.38. The lowest BCUT2D eigenvalue weighted by Gasteiger charge is -2.34. The van der Waals surface area contributed by atoms with Crippen molar-refractivity contribution in [3.05, 3.63) is 95.7 Å². The van der Waals surface area contributed by atoms with Gasteiger partial charge >= 0.3 is 6.03 Å². The molecule has 8 nitrogen and oxygen atoms in total. The predicted octanol–water partition coefficient (Wildman–Crippen LogP) is 5.77. The number of hydrogen-bond acceptors (Lipinski definition) is 4. The van der Waals surface area contributed by atoms with Gasteiger partial charge in [0.2, 0.25) is 0 Å². The fraction of sp³-hybridized carbons (Fsp3) is 0.250. The molecule has 1 aliphatic rings. The van der Waals surface area contributed by atoms with Crippen LogP contribution in [0, 0.1) is 13.8 Å². The Bertz CT molecular complexity index is 1500. The van der Waals surface area contributed by atoms with Crippen LogP contribution in [0.1, 0.15) is 21.6 Å². The first-order valence-corrected chi connectivity index (χ1v) is 13.3. The highest BCUT2D eigenvalue weighted by molar-refractivity contribution is 5.98. The van der Waals surface area contributed by atoms with E-state index in [1.807, 2.05) is 97.6 Å². The number of amides is 3. The first-order valence-electron chi connectivity index (χ1n) is 13.3. The topological polar surface area (TPSA) is 76.0 Å². The summed E-state index contributed by atoms with van der Waals surface area (Å²) in [5.41, 5.74) is 6.12. The van der Waals surface area contributed by atoms with Crippen LogP contribution in [0.5, 0.6) is 11.5 Å².